The zero-order valence-corrected chi connectivity index (χ0v) is 10.8. The van der Waals surface area contributed by atoms with Crippen molar-refractivity contribution < 1.29 is 14.3 Å². The normalized spacial score (nSPS) is 9.82. The van der Waals surface area contributed by atoms with Crippen molar-refractivity contribution in [3.63, 3.8) is 0 Å². The molecule has 0 saturated carbocycles. The Morgan fingerprint density at radius 2 is 2.12 bits per heavy atom. The molecule has 0 bridgehead atoms. The van der Waals surface area contributed by atoms with E-state index in [-0.39, 0.29) is 12.2 Å². The van der Waals surface area contributed by atoms with Crippen molar-refractivity contribution in [2.24, 2.45) is 0 Å². The fourth-order valence-electron chi connectivity index (χ4n) is 1.05. The van der Waals surface area contributed by atoms with Gasteiger partial charge in [0.1, 0.15) is 12.4 Å². The molecule has 1 aromatic carbocycles. The SMILES string of the molecule is C=C(COc1ccc(Cl)cc1Cl)C(=O)OCC. The van der Waals surface area contributed by atoms with E-state index < -0.39 is 5.97 Å². The van der Waals surface area contributed by atoms with Crippen LogP contribution in [0, 0.1) is 0 Å². The van der Waals surface area contributed by atoms with Crippen LogP contribution in [0.25, 0.3) is 0 Å². The number of ether oxygens (including phenoxy) is 2. The Morgan fingerprint density at radius 1 is 1.41 bits per heavy atom. The van der Waals surface area contributed by atoms with E-state index in [9.17, 15) is 4.79 Å². The highest BCUT2D eigenvalue weighted by molar-refractivity contribution is 6.35. The summed E-state index contributed by atoms with van der Waals surface area (Å²) in [6.45, 7) is 5.62. The lowest BCUT2D eigenvalue weighted by Crippen LogP contribution is -2.13. The maximum atomic E-state index is 11.2. The second-order valence-corrected chi connectivity index (χ2v) is 4.03. The molecule has 0 atom stereocenters. The molecule has 0 aliphatic heterocycles. The third kappa shape index (κ3) is 4.29. The molecule has 0 spiro atoms. The van der Waals surface area contributed by atoms with Crippen molar-refractivity contribution in [1.82, 2.24) is 0 Å². The van der Waals surface area contributed by atoms with Gasteiger partial charge < -0.3 is 9.47 Å². The summed E-state index contributed by atoms with van der Waals surface area (Å²) in [5.74, 6) is -0.0286. The summed E-state index contributed by atoms with van der Waals surface area (Å²) in [6.07, 6.45) is 0. The molecule has 0 radical (unpaired) electrons. The predicted molar refractivity (Wildman–Crippen MR) is 67.7 cm³/mol. The molecule has 1 rings (SSSR count). The Balaban J connectivity index is 2.56. The Hall–Kier alpha value is -1.19. The highest BCUT2D eigenvalue weighted by Crippen LogP contribution is 2.27. The van der Waals surface area contributed by atoms with Crippen LogP contribution in [0.15, 0.2) is 30.4 Å². The van der Waals surface area contributed by atoms with Gasteiger partial charge in [-0.05, 0) is 25.1 Å². The lowest BCUT2D eigenvalue weighted by molar-refractivity contribution is -0.138. The summed E-state index contributed by atoms with van der Waals surface area (Å²) in [5, 5.41) is 0.903. The number of carbonyl (C=O) groups is 1. The van der Waals surface area contributed by atoms with Crippen LogP contribution in [-0.2, 0) is 9.53 Å². The van der Waals surface area contributed by atoms with Crippen molar-refractivity contribution in [2.45, 2.75) is 6.92 Å². The quantitative estimate of drug-likeness (QED) is 0.609. The first kappa shape index (κ1) is 13.9. The highest BCUT2D eigenvalue weighted by Gasteiger charge is 2.09. The molecule has 5 heteroatoms. The Bertz CT molecular complexity index is 430. The van der Waals surface area contributed by atoms with Gasteiger partial charge in [0.25, 0.3) is 0 Å². The van der Waals surface area contributed by atoms with Crippen LogP contribution < -0.4 is 4.74 Å². The van der Waals surface area contributed by atoms with Crippen LogP contribution in [0.3, 0.4) is 0 Å². The first-order valence-corrected chi connectivity index (χ1v) is 5.73. The number of hydrogen-bond donors (Lipinski definition) is 0. The van der Waals surface area contributed by atoms with Gasteiger partial charge in [-0.15, -0.1) is 0 Å². The fourth-order valence-corrected chi connectivity index (χ4v) is 1.51. The van der Waals surface area contributed by atoms with Crippen molar-refractivity contribution in [1.29, 1.82) is 0 Å². The van der Waals surface area contributed by atoms with Crippen LogP contribution in [0.5, 0.6) is 5.75 Å². The molecular formula is C12H12Cl2O3. The van der Waals surface area contributed by atoms with Gasteiger partial charge in [0.2, 0.25) is 0 Å². The molecule has 0 saturated heterocycles. The summed E-state index contributed by atoms with van der Waals surface area (Å²) in [6, 6.07) is 4.84. The lowest BCUT2D eigenvalue weighted by atomic mass is 10.3. The topological polar surface area (TPSA) is 35.5 Å². The molecular weight excluding hydrogens is 263 g/mol. The smallest absolute Gasteiger partial charge is 0.336 e. The molecule has 0 fully saturated rings. The van der Waals surface area contributed by atoms with Gasteiger partial charge in [-0.3, -0.25) is 0 Å². The van der Waals surface area contributed by atoms with E-state index in [1.54, 1.807) is 25.1 Å². The minimum absolute atomic E-state index is 0.0280. The summed E-state index contributed by atoms with van der Waals surface area (Å²) < 4.78 is 10.1. The molecule has 17 heavy (non-hydrogen) atoms. The number of esters is 1. The van der Waals surface area contributed by atoms with Crippen molar-refractivity contribution in [3.05, 3.63) is 40.4 Å². The van der Waals surface area contributed by atoms with Gasteiger partial charge in [0, 0.05) is 5.02 Å². The average Bonchev–Trinajstić information content (AvgIpc) is 2.27. The van der Waals surface area contributed by atoms with Crippen molar-refractivity contribution in [2.75, 3.05) is 13.2 Å². The number of hydrogen-bond acceptors (Lipinski definition) is 3. The van der Waals surface area contributed by atoms with E-state index in [0.29, 0.717) is 22.4 Å². The van der Waals surface area contributed by atoms with E-state index >= 15 is 0 Å². The van der Waals surface area contributed by atoms with E-state index in [0.717, 1.165) is 0 Å². The molecule has 1 aromatic rings. The first-order valence-electron chi connectivity index (χ1n) is 4.97. The van der Waals surface area contributed by atoms with E-state index in [1.807, 2.05) is 0 Å². The highest BCUT2D eigenvalue weighted by atomic mass is 35.5. The fraction of sp³-hybridized carbons (Fsp3) is 0.250. The van der Waals surface area contributed by atoms with Crippen molar-refractivity contribution >= 4 is 29.2 Å². The predicted octanol–water partition coefficient (Wildman–Crippen LogP) is 3.49. The van der Waals surface area contributed by atoms with Crippen LogP contribution in [0.1, 0.15) is 6.92 Å². The zero-order valence-electron chi connectivity index (χ0n) is 9.33. The van der Waals surface area contributed by atoms with E-state index in [4.69, 9.17) is 32.7 Å². The van der Waals surface area contributed by atoms with E-state index in [1.165, 1.54) is 0 Å². The van der Waals surface area contributed by atoms with Gasteiger partial charge >= 0.3 is 5.97 Å². The van der Waals surface area contributed by atoms with Crippen LogP contribution in [0.2, 0.25) is 10.0 Å². The Labute approximate surface area is 110 Å². The molecule has 3 nitrogen and oxygen atoms in total. The average molecular weight is 275 g/mol. The second-order valence-electron chi connectivity index (χ2n) is 3.19. The number of benzene rings is 1. The first-order chi connectivity index (χ1) is 8.04. The van der Waals surface area contributed by atoms with Crippen LogP contribution in [0.4, 0.5) is 0 Å². The largest absolute Gasteiger partial charge is 0.487 e. The van der Waals surface area contributed by atoms with Gasteiger partial charge in [0.15, 0.2) is 0 Å². The molecule has 0 aromatic heterocycles. The summed E-state index contributed by atoms with van der Waals surface area (Å²) in [4.78, 5) is 11.2. The maximum Gasteiger partial charge on any atom is 0.336 e. The molecule has 0 aliphatic carbocycles. The third-order valence-corrected chi connectivity index (χ3v) is 2.39. The molecule has 0 N–H and O–H groups in total. The summed E-state index contributed by atoms with van der Waals surface area (Å²) >= 11 is 11.6. The number of carbonyl (C=O) groups excluding carboxylic acids is 1. The summed E-state index contributed by atoms with van der Waals surface area (Å²) in [7, 11) is 0. The lowest BCUT2D eigenvalue weighted by Gasteiger charge is -2.09. The van der Waals surface area contributed by atoms with Crippen LogP contribution in [-0.4, -0.2) is 19.2 Å². The number of halogens is 2. The third-order valence-electron chi connectivity index (χ3n) is 1.86. The zero-order chi connectivity index (χ0) is 12.8. The van der Waals surface area contributed by atoms with Gasteiger partial charge in [0.05, 0.1) is 17.2 Å². The van der Waals surface area contributed by atoms with Crippen LogP contribution >= 0.6 is 23.2 Å². The molecule has 0 unspecified atom stereocenters. The van der Waals surface area contributed by atoms with Gasteiger partial charge in [-0.2, -0.15) is 0 Å². The Kier molecular flexibility index (Phi) is 5.32. The molecule has 92 valence electrons. The Morgan fingerprint density at radius 3 is 2.71 bits per heavy atom. The number of rotatable bonds is 5. The maximum absolute atomic E-state index is 11.2. The molecule has 0 aliphatic rings. The van der Waals surface area contributed by atoms with Gasteiger partial charge in [-0.1, -0.05) is 29.8 Å². The van der Waals surface area contributed by atoms with Gasteiger partial charge in [-0.25, -0.2) is 4.79 Å². The van der Waals surface area contributed by atoms with E-state index in [2.05, 4.69) is 6.58 Å². The molecule has 0 heterocycles. The molecule has 0 amide bonds. The van der Waals surface area contributed by atoms with Crippen molar-refractivity contribution in [3.8, 4) is 5.75 Å². The second kappa shape index (κ2) is 6.52. The minimum atomic E-state index is -0.474. The monoisotopic (exact) mass is 274 g/mol. The summed E-state index contributed by atoms with van der Waals surface area (Å²) in [5.41, 5.74) is 0.234. The standard InChI is InChI=1S/C12H12Cl2O3/c1-3-16-12(15)8(2)7-17-11-5-4-9(13)6-10(11)14/h4-6H,2-3,7H2,1H3. The minimum Gasteiger partial charge on any atom is -0.487 e.